The first-order valence-corrected chi connectivity index (χ1v) is 10.1. The van der Waals surface area contributed by atoms with Crippen LogP contribution >= 0.6 is 0 Å². The lowest BCUT2D eigenvalue weighted by Crippen LogP contribution is -2.41. The number of likely N-dealkylation sites (tertiary alicyclic amines) is 1. The highest BCUT2D eigenvalue weighted by Gasteiger charge is 2.30. The third kappa shape index (κ3) is 4.72. The zero-order chi connectivity index (χ0) is 16.8. The molecular formula is C21H35N3. The van der Waals surface area contributed by atoms with E-state index in [0.29, 0.717) is 11.5 Å². The third-order valence-electron chi connectivity index (χ3n) is 6.47. The maximum Gasteiger partial charge on any atom is 0.126 e. The van der Waals surface area contributed by atoms with Crippen LogP contribution in [-0.4, -0.2) is 35.6 Å². The number of anilines is 1. The minimum atomic E-state index is 0.589. The van der Waals surface area contributed by atoms with Crippen molar-refractivity contribution in [2.24, 2.45) is 5.41 Å². The molecule has 0 atom stereocenters. The lowest BCUT2D eigenvalue weighted by atomic mass is 9.70. The van der Waals surface area contributed by atoms with Gasteiger partial charge in [0.2, 0.25) is 0 Å². The molecule has 1 aliphatic heterocycles. The topological polar surface area (TPSA) is 28.2 Å². The second kappa shape index (κ2) is 8.33. The zero-order valence-electron chi connectivity index (χ0n) is 15.7. The molecule has 0 aromatic carbocycles. The number of hydrogen-bond acceptors (Lipinski definition) is 3. The van der Waals surface area contributed by atoms with E-state index >= 15 is 0 Å². The van der Waals surface area contributed by atoms with Crippen LogP contribution in [0.1, 0.15) is 70.3 Å². The van der Waals surface area contributed by atoms with Gasteiger partial charge in [0.25, 0.3) is 0 Å². The Morgan fingerprint density at radius 3 is 2.54 bits per heavy atom. The summed E-state index contributed by atoms with van der Waals surface area (Å²) in [4.78, 5) is 7.19. The van der Waals surface area contributed by atoms with Crippen molar-refractivity contribution in [2.45, 2.75) is 77.7 Å². The van der Waals surface area contributed by atoms with Crippen LogP contribution in [0.25, 0.3) is 0 Å². The van der Waals surface area contributed by atoms with Gasteiger partial charge in [0.15, 0.2) is 0 Å². The summed E-state index contributed by atoms with van der Waals surface area (Å²) >= 11 is 0. The molecule has 1 N–H and O–H groups in total. The van der Waals surface area contributed by atoms with Crippen LogP contribution in [0.5, 0.6) is 0 Å². The number of rotatable bonds is 6. The second-order valence-electron chi connectivity index (χ2n) is 8.15. The first-order valence-electron chi connectivity index (χ1n) is 10.1. The Hall–Kier alpha value is -1.09. The van der Waals surface area contributed by atoms with E-state index in [4.69, 9.17) is 0 Å². The van der Waals surface area contributed by atoms with Crippen LogP contribution in [0.4, 0.5) is 5.82 Å². The van der Waals surface area contributed by atoms with Gasteiger partial charge in [-0.05, 0) is 62.6 Å². The Kier molecular flexibility index (Phi) is 6.15. The molecule has 0 bridgehead atoms. The fourth-order valence-corrected chi connectivity index (χ4v) is 4.54. The van der Waals surface area contributed by atoms with Crippen LogP contribution in [0, 0.1) is 12.3 Å². The lowest BCUT2D eigenvalue weighted by Gasteiger charge is -2.40. The fraction of sp³-hybridized carbons (Fsp3) is 0.762. The first kappa shape index (κ1) is 17.7. The summed E-state index contributed by atoms with van der Waals surface area (Å²) in [6, 6.07) is 4.83. The van der Waals surface area contributed by atoms with E-state index in [1.807, 2.05) is 6.20 Å². The summed E-state index contributed by atoms with van der Waals surface area (Å²) < 4.78 is 0. The number of pyridine rings is 1. The molecule has 2 heterocycles. The van der Waals surface area contributed by atoms with Gasteiger partial charge in [-0.2, -0.15) is 0 Å². The molecule has 24 heavy (non-hydrogen) atoms. The summed E-state index contributed by atoms with van der Waals surface area (Å²) in [6.45, 7) is 8.29. The first-order chi connectivity index (χ1) is 11.7. The van der Waals surface area contributed by atoms with Crippen LogP contribution in [0.2, 0.25) is 0 Å². The molecule has 2 fully saturated rings. The predicted octanol–water partition coefficient (Wildman–Crippen LogP) is 5.02. The molecule has 0 radical (unpaired) electrons. The van der Waals surface area contributed by atoms with E-state index in [-0.39, 0.29) is 0 Å². The summed E-state index contributed by atoms with van der Waals surface area (Å²) in [7, 11) is 0. The van der Waals surface area contributed by atoms with Crippen molar-refractivity contribution in [1.29, 1.82) is 0 Å². The second-order valence-corrected chi connectivity index (χ2v) is 8.15. The zero-order valence-corrected chi connectivity index (χ0v) is 15.7. The monoisotopic (exact) mass is 329 g/mol. The molecule has 1 saturated heterocycles. The fourth-order valence-electron chi connectivity index (χ4n) is 4.54. The summed E-state index contributed by atoms with van der Waals surface area (Å²) in [6.07, 6.45) is 14.6. The number of aryl methyl sites for hydroxylation is 1. The number of piperidine rings is 1. The molecule has 0 spiro atoms. The van der Waals surface area contributed by atoms with Crippen LogP contribution in [0.15, 0.2) is 18.3 Å². The Morgan fingerprint density at radius 1 is 1.17 bits per heavy atom. The van der Waals surface area contributed by atoms with Crippen LogP contribution in [0.3, 0.4) is 0 Å². The molecule has 1 aromatic heterocycles. The average molecular weight is 330 g/mol. The molecular weight excluding hydrogens is 294 g/mol. The van der Waals surface area contributed by atoms with E-state index in [1.54, 1.807) is 0 Å². The quantitative estimate of drug-likeness (QED) is 0.794. The largest absolute Gasteiger partial charge is 0.367 e. The molecule has 3 heteroatoms. The van der Waals surface area contributed by atoms with Gasteiger partial charge in [-0.15, -0.1) is 0 Å². The van der Waals surface area contributed by atoms with E-state index in [9.17, 15) is 0 Å². The van der Waals surface area contributed by atoms with Crippen molar-refractivity contribution in [2.75, 3.05) is 25.0 Å². The van der Waals surface area contributed by atoms with Crippen LogP contribution in [-0.2, 0) is 0 Å². The maximum absolute atomic E-state index is 4.48. The normalized spacial score (nSPS) is 22.4. The van der Waals surface area contributed by atoms with Crippen molar-refractivity contribution in [1.82, 2.24) is 9.88 Å². The van der Waals surface area contributed by atoms with E-state index < -0.39 is 0 Å². The van der Waals surface area contributed by atoms with Crippen molar-refractivity contribution < 1.29 is 0 Å². The van der Waals surface area contributed by atoms with Gasteiger partial charge >= 0.3 is 0 Å². The van der Waals surface area contributed by atoms with Gasteiger partial charge in [-0.1, -0.05) is 38.7 Å². The maximum atomic E-state index is 4.48. The van der Waals surface area contributed by atoms with E-state index in [2.05, 4.69) is 41.2 Å². The Labute approximate surface area is 148 Å². The molecule has 1 aromatic rings. The van der Waals surface area contributed by atoms with Gasteiger partial charge in [0.05, 0.1) is 0 Å². The number of hydrogen-bond donors (Lipinski definition) is 1. The molecule has 0 amide bonds. The minimum Gasteiger partial charge on any atom is -0.367 e. The highest BCUT2D eigenvalue weighted by molar-refractivity contribution is 5.36. The molecule has 3 rings (SSSR count). The summed E-state index contributed by atoms with van der Waals surface area (Å²) in [5, 5.41) is 3.61. The number of aromatic nitrogens is 1. The average Bonchev–Trinajstić information content (AvgIpc) is 2.64. The van der Waals surface area contributed by atoms with E-state index in [1.165, 1.54) is 83.0 Å². The van der Waals surface area contributed by atoms with Crippen molar-refractivity contribution in [3.8, 4) is 0 Å². The van der Waals surface area contributed by atoms with Gasteiger partial charge in [0.1, 0.15) is 5.82 Å². The third-order valence-corrected chi connectivity index (χ3v) is 6.47. The molecule has 1 saturated carbocycles. The Bertz CT molecular complexity index is 482. The lowest BCUT2D eigenvalue weighted by molar-refractivity contribution is 0.123. The van der Waals surface area contributed by atoms with Crippen molar-refractivity contribution in [3.63, 3.8) is 0 Å². The Morgan fingerprint density at radius 2 is 1.92 bits per heavy atom. The van der Waals surface area contributed by atoms with Gasteiger partial charge in [-0.3, -0.25) is 0 Å². The molecule has 2 aliphatic rings. The van der Waals surface area contributed by atoms with Crippen molar-refractivity contribution >= 4 is 5.82 Å². The summed E-state index contributed by atoms with van der Waals surface area (Å²) in [5.74, 6) is 1.03. The molecule has 0 unspecified atom stereocenters. The smallest absolute Gasteiger partial charge is 0.126 e. The van der Waals surface area contributed by atoms with Gasteiger partial charge < -0.3 is 10.2 Å². The SMILES string of the molecule is CCC1(CCN2CCC(Nc3ccc(C)cn3)CC2)CCCCC1. The van der Waals surface area contributed by atoms with Gasteiger partial charge in [0, 0.05) is 25.3 Å². The summed E-state index contributed by atoms with van der Waals surface area (Å²) in [5.41, 5.74) is 1.89. The van der Waals surface area contributed by atoms with Crippen molar-refractivity contribution in [3.05, 3.63) is 23.9 Å². The number of nitrogens with one attached hydrogen (secondary N) is 1. The molecule has 134 valence electrons. The highest BCUT2D eigenvalue weighted by Crippen LogP contribution is 2.42. The number of nitrogens with zero attached hydrogens (tertiary/aromatic N) is 2. The van der Waals surface area contributed by atoms with E-state index in [0.717, 1.165) is 5.82 Å². The predicted molar refractivity (Wildman–Crippen MR) is 102 cm³/mol. The standard InChI is InChI=1S/C21H35N3/c1-3-21(11-5-4-6-12-21)13-16-24-14-9-19(10-15-24)23-20-8-7-18(2)17-22-20/h7-8,17,19H,3-6,9-16H2,1-2H3,(H,22,23). The molecule has 1 aliphatic carbocycles. The van der Waals surface area contributed by atoms with Gasteiger partial charge in [-0.25, -0.2) is 4.98 Å². The van der Waals surface area contributed by atoms with Crippen LogP contribution < -0.4 is 5.32 Å². The minimum absolute atomic E-state index is 0.589. The highest BCUT2D eigenvalue weighted by atomic mass is 15.1. The Balaban J connectivity index is 1.41. The molecule has 3 nitrogen and oxygen atoms in total.